The molecule has 2 rings (SSSR count). The molecular formula is C16H27NO4. The van der Waals surface area contributed by atoms with E-state index in [1.807, 2.05) is 6.92 Å². The van der Waals surface area contributed by atoms with Gasteiger partial charge in [-0.05, 0) is 38.5 Å². The van der Waals surface area contributed by atoms with Crippen LogP contribution in [0.3, 0.4) is 0 Å². The molecule has 0 aromatic carbocycles. The highest BCUT2D eigenvalue weighted by atomic mass is 16.5. The number of hydrogen-bond acceptors (Lipinski definition) is 3. The van der Waals surface area contributed by atoms with Crippen molar-refractivity contribution in [1.82, 2.24) is 4.90 Å². The van der Waals surface area contributed by atoms with E-state index in [0.29, 0.717) is 31.8 Å². The van der Waals surface area contributed by atoms with Crippen molar-refractivity contribution in [3.05, 3.63) is 0 Å². The van der Waals surface area contributed by atoms with Crippen LogP contribution < -0.4 is 0 Å². The summed E-state index contributed by atoms with van der Waals surface area (Å²) in [6.45, 7) is 5.12. The van der Waals surface area contributed by atoms with Crippen LogP contribution in [0.4, 0.5) is 0 Å². The number of nitrogens with zero attached hydrogens (tertiary/aromatic N) is 1. The lowest BCUT2D eigenvalue weighted by molar-refractivity contribution is -0.152. The molecule has 2 aliphatic rings. The summed E-state index contributed by atoms with van der Waals surface area (Å²) < 4.78 is 5.94. The quantitative estimate of drug-likeness (QED) is 0.864. The molecule has 1 saturated heterocycles. The summed E-state index contributed by atoms with van der Waals surface area (Å²) in [7, 11) is 0. The lowest BCUT2D eigenvalue weighted by atomic mass is 9.88. The van der Waals surface area contributed by atoms with Crippen molar-refractivity contribution in [1.29, 1.82) is 0 Å². The van der Waals surface area contributed by atoms with Gasteiger partial charge in [-0.1, -0.05) is 19.8 Å². The second-order valence-corrected chi connectivity index (χ2v) is 6.61. The molecule has 1 amide bonds. The van der Waals surface area contributed by atoms with E-state index >= 15 is 0 Å². The normalized spacial score (nSPS) is 29.1. The van der Waals surface area contributed by atoms with Crippen LogP contribution in [0, 0.1) is 11.8 Å². The number of ether oxygens (including phenoxy) is 1. The lowest BCUT2D eigenvalue weighted by Crippen LogP contribution is -2.46. The molecule has 5 heteroatoms. The van der Waals surface area contributed by atoms with Gasteiger partial charge >= 0.3 is 5.97 Å². The third-order valence-electron chi connectivity index (χ3n) is 4.79. The molecule has 1 saturated carbocycles. The minimum Gasteiger partial charge on any atom is -0.481 e. The zero-order chi connectivity index (χ0) is 15.4. The molecule has 1 aliphatic carbocycles. The first kappa shape index (κ1) is 16.3. The number of amides is 1. The van der Waals surface area contributed by atoms with Gasteiger partial charge in [0.2, 0.25) is 0 Å². The SMILES string of the molecule is CC1CCCC(OC(C)C(=O)N2CCC(C(=O)O)CC2)C1. The largest absolute Gasteiger partial charge is 0.481 e. The minimum atomic E-state index is -0.748. The Morgan fingerprint density at radius 3 is 2.43 bits per heavy atom. The van der Waals surface area contributed by atoms with Gasteiger partial charge in [-0.2, -0.15) is 0 Å². The Bertz CT molecular complexity index is 376. The van der Waals surface area contributed by atoms with Crippen LogP contribution in [-0.2, 0) is 14.3 Å². The van der Waals surface area contributed by atoms with Gasteiger partial charge in [0.05, 0.1) is 12.0 Å². The predicted molar refractivity (Wildman–Crippen MR) is 78.9 cm³/mol. The van der Waals surface area contributed by atoms with Crippen LogP contribution >= 0.6 is 0 Å². The summed E-state index contributed by atoms with van der Waals surface area (Å²) in [5, 5.41) is 8.99. The van der Waals surface area contributed by atoms with Crippen LogP contribution in [0.25, 0.3) is 0 Å². The van der Waals surface area contributed by atoms with Gasteiger partial charge in [-0.25, -0.2) is 0 Å². The molecule has 21 heavy (non-hydrogen) atoms. The summed E-state index contributed by atoms with van der Waals surface area (Å²) in [6.07, 6.45) is 5.40. The van der Waals surface area contributed by atoms with Gasteiger partial charge in [0.15, 0.2) is 0 Å². The molecule has 0 spiro atoms. The van der Waals surface area contributed by atoms with Crippen LogP contribution in [0.15, 0.2) is 0 Å². The maximum absolute atomic E-state index is 12.4. The van der Waals surface area contributed by atoms with E-state index in [1.165, 1.54) is 12.8 Å². The van der Waals surface area contributed by atoms with Crippen molar-refractivity contribution in [2.24, 2.45) is 11.8 Å². The zero-order valence-electron chi connectivity index (χ0n) is 13.1. The molecule has 0 aromatic heterocycles. The van der Waals surface area contributed by atoms with E-state index in [1.54, 1.807) is 4.90 Å². The first-order valence-corrected chi connectivity index (χ1v) is 8.14. The van der Waals surface area contributed by atoms with Gasteiger partial charge in [-0.15, -0.1) is 0 Å². The summed E-state index contributed by atoms with van der Waals surface area (Å²) >= 11 is 0. The number of aliphatic carboxylic acids is 1. The van der Waals surface area contributed by atoms with Crippen molar-refractivity contribution in [2.75, 3.05) is 13.1 Å². The average molecular weight is 297 g/mol. The average Bonchev–Trinajstić information content (AvgIpc) is 2.46. The predicted octanol–water partition coefficient (Wildman–Crippen LogP) is 2.29. The summed E-state index contributed by atoms with van der Waals surface area (Å²) in [6, 6.07) is 0. The maximum atomic E-state index is 12.4. The fourth-order valence-electron chi connectivity index (χ4n) is 3.45. The highest BCUT2D eigenvalue weighted by Crippen LogP contribution is 2.27. The van der Waals surface area contributed by atoms with Gasteiger partial charge in [-0.3, -0.25) is 9.59 Å². The van der Waals surface area contributed by atoms with E-state index in [9.17, 15) is 9.59 Å². The van der Waals surface area contributed by atoms with Crippen LogP contribution in [0.5, 0.6) is 0 Å². The van der Waals surface area contributed by atoms with Crippen molar-refractivity contribution in [3.8, 4) is 0 Å². The molecule has 0 bridgehead atoms. The van der Waals surface area contributed by atoms with Crippen LogP contribution in [0.1, 0.15) is 52.4 Å². The van der Waals surface area contributed by atoms with E-state index in [-0.39, 0.29) is 17.9 Å². The highest BCUT2D eigenvalue weighted by molar-refractivity contribution is 5.81. The van der Waals surface area contributed by atoms with Crippen LogP contribution in [0.2, 0.25) is 0 Å². The van der Waals surface area contributed by atoms with E-state index in [4.69, 9.17) is 9.84 Å². The van der Waals surface area contributed by atoms with Gasteiger partial charge in [0, 0.05) is 13.1 Å². The van der Waals surface area contributed by atoms with E-state index in [0.717, 1.165) is 12.8 Å². The molecule has 0 aromatic rings. The molecule has 120 valence electrons. The van der Waals surface area contributed by atoms with Crippen molar-refractivity contribution in [3.63, 3.8) is 0 Å². The second-order valence-electron chi connectivity index (χ2n) is 6.61. The molecule has 5 nitrogen and oxygen atoms in total. The Morgan fingerprint density at radius 1 is 1.19 bits per heavy atom. The van der Waals surface area contributed by atoms with Gasteiger partial charge < -0.3 is 14.7 Å². The number of carboxylic acid groups (broad SMARTS) is 1. The Hall–Kier alpha value is -1.10. The van der Waals surface area contributed by atoms with Crippen molar-refractivity contribution >= 4 is 11.9 Å². The summed E-state index contributed by atoms with van der Waals surface area (Å²) in [5.74, 6) is -0.360. The highest BCUT2D eigenvalue weighted by Gasteiger charge is 2.31. The molecule has 3 unspecified atom stereocenters. The maximum Gasteiger partial charge on any atom is 0.306 e. The molecule has 3 atom stereocenters. The third-order valence-corrected chi connectivity index (χ3v) is 4.79. The molecule has 1 aliphatic heterocycles. The van der Waals surface area contributed by atoms with Crippen molar-refractivity contribution in [2.45, 2.75) is 64.6 Å². The Balaban J connectivity index is 1.78. The zero-order valence-corrected chi connectivity index (χ0v) is 13.1. The fraction of sp³-hybridized carbons (Fsp3) is 0.875. The topological polar surface area (TPSA) is 66.8 Å². The number of piperidine rings is 1. The molecule has 0 radical (unpaired) electrons. The van der Waals surface area contributed by atoms with E-state index in [2.05, 4.69) is 6.92 Å². The number of carboxylic acids is 1. The second kappa shape index (κ2) is 7.25. The molecule has 1 N–H and O–H groups in total. The lowest BCUT2D eigenvalue weighted by Gasteiger charge is -2.34. The molecular weight excluding hydrogens is 270 g/mol. The molecule has 1 heterocycles. The standard InChI is InChI=1S/C16H27NO4/c1-11-4-3-5-14(10-11)21-12(2)15(18)17-8-6-13(7-9-17)16(19)20/h11-14H,3-10H2,1-2H3,(H,19,20). The number of hydrogen-bond donors (Lipinski definition) is 1. The smallest absolute Gasteiger partial charge is 0.306 e. The monoisotopic (exact) mass is 297 g/mol. The Kier molecular flexibility index (Phi) is 5.62. The molecule has 2 fully saturated rings. The summed E-state index contributed by atoms with van der Waals surface area (Å²) in [5.41, 5.74) is 0. The minimum absolute atomic E-state index is 0.0112. The third kappa shape index (κ3) is 4.43. The van der Waals surface area contributed by atoms with Gasteiger partial charge in [0.1, 0.15) is 6.10 Å². The van der Waals surface area contributed by atoms with E-state index < -0.39 is 12.1 Å². The number of rotatable bonds is 4. The first-order valence-electron chi connectivity index (χ1n) is 8.14. The number of carbonyl (C=O) groups is 2. The number of carbonyl (C=O) groups excluding carboxylic acids is 1. The first-order chi connectivity index (χ1) is 9.97. The van der Waals surface area contributed by atoms with Crippen molar-refractivity contribution < 1.29 is 19.4 Å². The van der Waals surface area contributed by atoms with Gasteiger partial charge in [0.25, 0.3) is 5.91 Å². The number of likely N-dealkylation sites (tertiary alicyclic amines) is 1. The Labute approximate surface area is 126 Å². The van der Waals surface area contributed by atoms with Crippen LogP contribution in [-0.4, -0.2) is 47.2 Å². The summed E-state index contributed by atoms with van der Waals surface area (Å²) in [4.78, 5) is 25.1. The Morgan fingerprint density at radius 2 is 1.86 bits per heavy atom. The fourth-order valence-corrected chi connectivity index (χ4v) is 3.45.